The first-order chi connectivity index (χ1) is 62.8. The highest BCUT2D eigenvalue weighted by molar-refractivity contribution is 7.94. The SMILES string of the molecule is C.C/C(=C\C(Cc1ccc(-c2ccccc2)cc1)NC(=O)OC(C)(C)C)C(=O)O.CC(C)(C)OC(=O)NC(C=O)Cc1ccc(-c2ccccc2)cc1.CC(C)(C)OC(=O)NC(CO)Cc1ccc(-c2ccccc2)cc1.CCOC(=O)/C(C)=C/C(Cc1ccc(-c2ccccc2)cc1)NC(=O)OC(C)(C)C.CCOC(=O)CC=P(c1ccccc1)(c1ccccc1)c1ccccc1. The number of aliphatic carboxylic acids is 1. The summed E-state index contributed by atoms with van der Waals surface area (Å²) in [7, 11) is 0. The van der Waals surface area contributed by atoms with Crippen molar-refractivity contribution in [3.05, 3.63) is 355 Å². The molecule has 6 N–H and O–H groups in total. The van der Waals surface area contributed by atoms with Crippen LogP contribution < -0.4 is 37.2 Å². The Kier molecular flexibility index (Phi) is 44.1. The van der Waals surface area contributed by atoms with E-state index in [1.807, 2.05) is 249 Å². The molecule has 0 aliphatic carbocycles. The molecule has 0 aliphatic rings. The van der Waals surface area contributed by atoms with Gasteiger partial charge < -0.3 is 64.7 Å². The molecule has 4 unspecified atom stereocenters. The predicted octanol–water partition coefficient (Wildman–Crippen LogP) is 22.3. The van der Waals surface area contributed by atoms with Gasteiger partial charge in [-0.3, -0.25) is 4.79 Å². The van der Waals surface area contributed by atoms with E-state index < -0.39 is 83.7 Å². The van der Waals surface area contributed by atoms with Crippen molar-refractivity contribution >= 4 is 77.2 Å². The molecule has 20 nitrogen and oxygen atoms in total. The largest absolute Gasteiger partial charge is 0.478 e. The van der Waals surface area contributed by atoms with Crippen molar-refractivity contribution in [2.45, 2.75) is 197 Å². The van der Waals surface area contributed by atoms with Crippen molar-refractivity contribution in [1.29, 1.82) is 0 Å². The molecular formula is C112H133N4O16P. The molecule has 0 saturated heterocycles. The minimum absolute atomic E-state index is 0. The van der Waals surface area contributed by atoms with E-state index in [2.05, 4.69) is 136 Å². The molecule has 0 saturated carbocycles. The third-order valence-electron chi connectivity index (χ3n) is 19.5. The molecule has 11 aromatic rings. The number of hydrogen-bond acceptors (Lipinski definition) is 15. The van der Waals surface area contributed by atoms with Gasteiger partial charge in [-0.05, 0) is 226 Å². The fraction of sp³-hybridized carbons (Fsp3) is 0.295. The van der Waals surface area contributed by atoms with Crippen LogP contribution in [0.15, 0.2) is 333 Å². The van der Waals surface area contributed by atoms with E-state index in [0.717, 1.165) is 73.0 Å². The number of aldehydes is 1. The van der Waals surface area contributed by atoms with Crippen LogP contribution in [0.3, 0.4) is 0 Å². The highest BCUT2D eigenvalue weighted by atomic mass is 31.2. The molecular weight excluding hydrogens is 1690 g/mol. The summed E-state index contributed by atoms with van der Waals surface area (Å²) in [6.07, 6.45) is 4.03. The summed E-state index contributed by atoms with van der Waals surface area (Å²) in [4.78, 5) is 94.6. The van der Waals surface area contributed by atoms with Crippen molar-refractivity contribution < 1.29 is 77.0 Å². The van der Waals surface area contributed by atoms with E-state index in [1.165, 1.54) is 28.9 Å². The quantitative estimate of drug-likeness (QED) is 0.00835. The number of carboxylic acids is 1. The molecule has 11 aromatic carbocycles. The van der Waals surface area contributed by atoms with Crippen LogP contribution in [0, 0.1) is 0 Å². The van der Waals surface area contributed by atoms with Gasteiger partial charge in [0.2, 0.25) is 0 Å². The highest BCUT2D eigenvalue weighted by Crippen LogP contribution is 2.44. The summed E-state index contributed by atoms with van der Waals surface area (Å²) in [6, 6.07) is 102. The standard InChI is InChI=1S/C25H31NO4.C23H27NO4.C23H23O2P.C20H25NO3.C20H23NO3.CH4/c1-6-29-23(27)18(2)16-22(26-24(28)30-25(3,4)5)17-19-12-14-21(15-13-19)20-10-8-7-9-11-20;1-16(21(25)26)14-20(24-22(27)28-23(2,3)4)15-17-10-12-19(13-11-17)18-8-6-5-7-9-18;1-2-25-23(24)18-19-26(20-12-6-3-7-13-20,21-14-8-4-9-15-21)22-16-10-5-11-17-22;2*1-20(2,3)24-19(23)21-18(14-22)13-15-9-11-17(12-10-15)16-7-5-4-6-8-16;/h7-16,22H,6,17H2,1-5H3,(H,26,28);5-14,20H,15H2,1-4H3,(H,24,27)(H,25,26);3-17,19H,2,18H2,1H3;4-12,18,22H,13-14H2,1-3H3,(H,21,23);4-12,14,18H,13H2,1-3H3,(H,21,23);1H4/b18-16+;16-14+;;;;. The highest BCUT2D eigenvalue weighted by Gasteiger charge is 2.28. The number of carbonyl (C=O) groups is 8. The Hall–Kier alpha value is -13.7. The number of aliphatic hydroxyl groups is 1. The first-order valence-electron chi connectivity index (χ1n) is 44.3. The van der Waals surface area contributed by atoms with Gasteiger partial charge in [-0.15, -0.1) is 0 Å². The lowest BCUT2D eigenvalue weighted by molar-refractivity contribution is -0.141. The lowest BCUT2D eigenvalue weighted by Gasteiger charge is -2.28. The van der Waals surface area contributed by atoms with E-state index in [-0.39, 0.29) is 31.6 Å². The number of ether oxygens (including phenoxy) is 6. The van der Waals surface area contributed by atoms with E-state index in [9.17, 15) is 43.5 Å². The van der Waals surface area contributed by atoms with Gasteiger partial charge in [-0.25, -0.2) is 28.8 Å². The molecule has 133 heavy (non-hydrogen) atoms. The number of amides is 4. The lowest BCUT2D eigenvalue weighted by atomic mass is 10.00. The maximum atomic E-state index is 12.3. The number of carbonyl (C=O) groups excluding carboxylic acids is 7. The summed E-state index contributed by atoms with van der Waals surface area (Å²) in [6.45, 7) is 26.8. The Labute approximate surface area is 787 Å². The van der Waals surface area contributed by atoms with Gasteiger partial charge >= 0.3 is 42.3 Å². The second-order valence-electron chi connectivity index (χ2n) is 35.1. The Bertz CT molecular complexity index is 5400. The second-order valence-corrected chi connectivity index (χ2v) is 38.5. The lowest BCUT2D eigenvalue weighted by Crippen LogP contribution is -2.42. The minimum atomic E-state index is -2.06. The molecule has 11 rings (SSSR count). The van der Waals surface area contributed by atoms with Gasteiger partial charge in [0.05, 0.1) is 50.4 Å². The van der Waals surface area contributed by atoms with Crippen LogP contribution in [-0.4, -0.2) is 131 Å². The Morgan fingerprint density at radius 3 is 0.850 bits per heavy atom. The van der Waals surface area contributed by atoms with Gasteiger partial charge in [-0.1, -0.05) is 335 Å². The maximum absolute atomic E-state index is 12.3. The van der Waals surface area contributed by atoms with E-state index in [1.54, 1.807) is 61.5 Å². The molecule has 0 aliphatic heterocycles. The number of rotatable bonds is 29. The van der Waals surface area contributed by atoms with Crippen LogP contribution in [-0.2, 0) is 73.3 Å². The predicted molar refractivity (Wildman–Crippen MR) is 539 cm³/mol. The van der Waals surface area contributed by atoms with Crippen LogP contribution in [0.4, 0.5) is 19.2 Å². The van der Waals surface area contributed by atoms with Crippen LogP contribution in [0.5, 0.6) is 0 Å². The molecule has 0 bridgehead atoms. The Balaban J connectivity index is 0.000000256. The molecule has 0 fully saturated rings. The summed E-state index contributed by atoms with van der Waals surface area (Å²) in [5.74, 6) is 0.591. The van der Waals surface area contributed by atoms with Crippen molar-refractivity contribution in [3.63, 3.8) is 0 Å². The first-order valence-corrected chi connectivity index (χ1v) is 46.1. The monoisotopic (exact) mass is 1820 g/mol. The van der Waals surface area contributed by atoms with Gasteiger partial charge in [0, 0.05) is 11.1 Å². The molecule has 0 spiro atoms. The van der Waals surface area contributed by atoms with Crippen molar-refractivity contribution in [1.82, 2.24) is 21.3 Å². The first kappa shape index (κ1) is 108. The number of esters is 2. The topological polar surface area (TPSA) is 281 Å². The fourth-order valence-corrected chi connectivity index (χ4v) is 17.4. The molecule has 0 radical (unpaired) electrons. The third kappa shape index (κ3) is 39.9. The third-order valence-corrected chi connectivity index (χ3v) is 23.5. The zero-order chi connectivity index (χ0) is 96.3. The zero-order valence-corrected chi connectivity index (χ0v) is 79.7. The van der Waals surface area contributed by atoms with Crippen LogP contribution >= 0.6 is 6.89 Å². The van der Waals surface area contributed by atoms with E-state index in [4.69, 9.17) is 33.5 Å². The van der Waals surface area contributed by atoms with Gasteiger partial charge in [0.15, 0.2) is 0 Å². The smallest absolute Gasteiger partial charge is 0.408 e. The summed E-state index contributed by atoms with van der Waals surface area (Å²) < 4.78 is 31.3. The molecule has 702 valence electrons. The number of benzene rings is 11. The zero-order valence-electron chi connectivity index (χ0n) is 78.8. The van der Waals surface area contributed by atoms with Crippen LogP contribution in [0.1, 0.15) is 147 Å². The number of carboxylic acid groups (broad SMARTS) is 1. The summed E-state index contributed by atoms with van der Waals surface area (Å²) >= 11 is 0. The van der Waals surface area contributed by atoms with Gasteiger partial charge in [-0.2, -0.15) is 0 Å². The number of hydrogen-bond donors (Lipinski definition) is 6. The molecule has 21 heteroatoms. The van der Waals surface area contributed by atoms with Crippen molar-refractivity contribution in [2.24, 2.45) is 0 Å². The molecule has 4 atom stereocenters. The number of alkyl carbamates (subject to hydrolysis) is 4. The Morgan fingerprint density at radius 1 is 0.338 bits per heavy atom. The van der Waals surface area contributed by atoms with Gasteiger partial charge in [0.25, 0.3) is 0 Å². The maximum Gasteiger partial charge on any atom is 0.408 e. The fourth-order valence-electron chi connectivity index (χ4n) is 13.5. The Morgan fingerprint density at radius 2 is 0.586 bits per heavy atom. The van der Waals surface area contributed by atoms with E-state index in [0.29, 0.717) is 50.9 Å². The minimum Gasteiger partial charge on any atom is -0.478 e. The van der Waals surface area contributed by atoms with Crippen LogP contribution in [0.25, 0.3) is 44.5 Å². The normalized spacial score (nSPS) is 12.2. The van der Waals surface area contributed by atoms with Crippen LogP contribution in [0.2, 0.25) is 0 Å². The number of aliphatic hydroxyl groups excluding tert-OH is 1. The second kappa shape index (κ2) is 54.2. The average molecular weight is 1820 g/mol. The molecule has 0 aromatic heterocycles. The number of nitrogens with one attached hydrogen (secondary N) is 4. The van der Waals surface area contributed by atoms with E-state index >= 15 is 0 Å². The molecule has 4 amide bonds. The molecule has 0 heterocycles. The van der Waals surface area contributed by atoms with Crippen molar-refractivity contribution in [3.8, 4) is 44.5 Å². The van der Waals surface area contributed by atoms with Crippen molar-refractivity contribution in [2.75, 3.05) is 19.8 Å². The average Bonchev–Trinajstić information content (AvgIpc) is 0.754. The summed E-state index contributed by atoms with van der Waals surface area (Å²) in [5.41, 5.74) is 11.3. The summed E-state index contributed by atoms with van der Waals surface area (Å²) in [5, 5.41) is 33.3. The van der Waals surface area contributed by atoms with Gasteiger partial charge in [0.1, 0.15) is 28.7 Å².